The quantitative estimate of drug-likeness (QED) is 0.489. The van der Waals surface area contributed by atoms with Crippen molar-refractivity contribution in [3.8, 4) is 0 Å². The summed E-state index contributed by atoms with van der Waals surface area (Å²) in [5, 5.41) is 5.63. The summed E-state index contributed by atoms with van der Waals surface area (Å²) in [5.74, 6) is -0.486. The van der Waals surface area contributed by atoms with Crippen LogP contribution in [0.25, 0.3) is 0 Å². The Balaban J connectivity index is 1.94. The van der Waals surface area contributed by atoms with Gasteiger partial charge < -0.3 is 19.7 Å². The van der Waals surface area contributed by atoms with Crippen molar-refractivity contribution >= 4 is 28.8 Å². The molecule has 31 heavy (non-hydrogen) atoms. The van der Waals surface area contributed by atoms with E-state index in [1.807, 2.05) is 43.2 Å². The van der Waals surface area contributed by atoms with Crippen LogP contribution in [0.2, 0.25) is 0 Å². The van der Waals surface area contributed by atoms with Gasteiger partial charge in [0.25, 0.3) is 0 Å². The van der Waals surface area contributed by atoms with Crippen molar-refractivity contribution in [3.05, 3.63) is 57.3 Å². The van der Waals surface area contributed by atoms with Crippen LogP contribution in [0.5, 0.6) is 0 Å². The van der Waals surface area contributed by atoms with Crippen LogP contribution in [-0.4, -0.2) is 49.3 Å². The highest BCUT2D eigenvalue weighted by Gasteiger charge is 2.41. The Morgan fingerprint density at radius 2 is 2.00 bits per heavy atom. The van der Waals surface area contributed by atoms with E-state index in [2.05, 4.69) is 16.4 Å². The fourth-order valence-electron chi connectivity index (χ4n) is 3.84. The van der Waals surface area contributed by atoms with Gasteiger partial charge in [-0.15, -0.1) is 0 Å². The Morgan fingerprint density at radius 3 is 2.68 bits per heavy atom. The van der Waals surface area contributed by atoms with Gasteiger partial charge in [-0.25, -0.2) is 9.79 Å². The van der Waals surface area contributed by atoms with E-state index in [1.165, 1.54) is 18.9 Å². The molecule has 8 heteroatoms. The summed E-state index contributed by atoms with van der Waals surface area (Å²) < 4.78 is 10.1. The second kappa shape index (κ2) is 10.2. The number of amides is 1. The van der Waals surface area contributed by atoms with Crippen LogP contribution in [0.1, 0.15) is 42.5 Å². The number of ether oxygens (including phenoxy) is 2. The molecule has 0 saturated carbocycles. The third-order valence-electron chi connectivity index (χ3n) is 5.31. The minimum atomic E-state index is -0.412. The largest absolute Gasteiger partial charge is 0.466 e. The van der Waals surface area contributed by atoms with Crippen LogP contribution in [0.4, 0.5) is 0 Å². The van der Waals surface area contributed by atoms with Gasteiger partial charge in [0.05, 0.1) is 30.8 Å². The molecule has 0 radical (unpaired) electrons. The average Bonchev–Trinajstić information content (AvgIpc) is 3.12. The van der Waals surface area contributed by atoms with Crippen molar-refractivity contribution in [2.24, 2.45) is 4.99 Å². The number of esters is 1. The molecule has 7 nitrogen and oxygen atoms in total. The van der Waals surface area contributed by atoms with Crippen LogP contribution in [0.3, 0.4) is 0 Å². The molecule has 0 aromatic heterocycles. The van der Waals surface area contributed by atoms with Crippen LogP contribution < -0.4 is 5.32 Å². The van der Waals surface area contributed by atoms with Gasteiger partial charge >= 0.3 is 5.97 Å². The van der Waals surface area contributed by atoms with Gasteiger partial charge in [-0.3, -0.25) is 4.79 Å². The molecule has 1 atom stereocenters. The zero-order chi connectivity index (χ0) is 22.5. The maximum Gasteiger partial charge on any atom is 0.338 e. The van der Waals surface area contributed by atoms with E-state index in [4.69, 9.17) is 9.47 Å². The molecule has 0 fully saturated rings. The van der Waals surface area contributed by atoms with E-state index in [1.54, 1.807) is 7.11 Å². The topological polar surface area (TPSA) is 80.2 Å². The fourth-order valence-corrected chi connectivity index (χ4v) is 4.80. The Hall–Kier alpha value is -2.58. The van der Waals surface area contributed by atoms with Gasteiger partial charge in [-0.2, -0.15) is 0 Å². The van der Waals surface area contributed by atoms with Crippen LogP contribution in [-0.2, 0) is 19.1 Å². The van der Waals surface area contributed by atoms with Gasteiger partial charge in [-0.1, -0.05) is 35.5 Å². The van der Waals surface area contributed by atoms with Crippen LogP contribution >= 0.6 is 11.8 Å². The van der Waals surface area contributed by atoms with E-state index in [9.17, 15) is 9.59 Å². The molecular formula is C23H29N3O4S. The molecule has 0 saturated heterocycles. The number of hydrogen-bond acceptors (Lipinski definition) is 7. The maximum absolute atomic E-state index is 12.8. The predicted molar refractivity (Wildman–Crippen MR) is 122 cm³/mol. The Kier molecular flexibility index (Phi) is 7.56. The normalized spacial score (nSPS) is 17.8. The van der Waals surface area contributed by atoms with Gasteiger partial charge in [-0.05, 0) is 43.7 Å². The molecule has 2 heterocycles. The van der Waals surface area contributed by atoms with E-state index in [0.717, 1.165) is 34.0 Å². The number of nitrogens with zero attached hydrogens (tertiary/aromatic N) is 2. The van der Waals surface area contributed by atoms with E-state index >= 15 is 0 Å². The molecule has 2 aliphatic heterocycles. The van der Waals surface area contributed by atoms with Gasteiger partial charge in [0.2, 0.25) is 5.91 Å². The first-order chi connectivity index (χ1) is 14.9. The average molecular weight is 444 g/mol. The van der Waals surface area contributed by atoms with E-state index < -0.39 is 12.0 Å². The lowest BCUT2D eigenvalue weighted by molar-refractivity contribution is -0.136. The summed E-state index contributed by atoms with van der Waals surface area (Å²) in [7, 11) is 3.02. The number of hydrogen-bond donors (Lipinski definition) is 1. The van der Waals surface area contributed by atoms with Crippen molar-refractivity contribution < 1.29 is 19.1 Å². The number of aliphatic imine (C=N–C) groups is 1. The smallest absolute Gasteiger partial charge is 0.338 e. The number of benzene rings is 1. The number of aryl methyl sites for hydroxylation is 2. The number of amidine groups is 1. The molecule has 0 bridgehead atoms. The number of carbonyl (C=O) groups is 2. The Bertz CT molecular complexity index is 968. The van der Waals surface area contributed by atoms with Gasteiger partial charge in [0.15, 0.2) is 5.17 Å². The van der Waals surface area contributed by atoms with Crippen molar-refractivity contribution in [2.75, 3.05) is 27.4 Å². The molecule has 0 spiro atoms. The van der Waals surface area contributed by atoms with Gasteiger partial charge in [0.1, 0.15) is 0 Å². The molecule has 1 aromatic carbocycles. The molecule has 0 aliphatic carbocycles. The first kappa shape index (κ1) is 23.1. The highest BCUT2D eigenvalue weighted by atomic mass is 32.2. The summed E-state index contributed by atoms with van der Waals surface area (Å²) in [4.78, 5) is 32.0. The predicted octanol–water partition coefficient (Wildman–Crippen LogP) is 3.59. The van der Waals surface area contributed by atoms with Crippen molar-refractivity contribution in [1.29, 1.82) is 0 Å². The van der Waals surface area contributed by atoms with E-state index in [0.29, 0.717) is 24.4 Å². The van der Waals surface area contributed by atoms with Gasteiger partial charge in [0, 0.05) is 26.0 Å². The number of nitrogens with one attached hydrogen (secondary N) is 1. The number of allylic oxidation sites excluding steroid dienone is 1. The Morgan fingerprint density at radius 1 is 1.23 bits per heavy atom. The maximum atomic E-state index is 12.8. The molecule has 1 aromatic rings. The lowest BCUT2D eigenvalue weighted by Gasteiger charge is -2.37. The SMILES string of the molecule is COCCCNC(=O)CC1=CSC2=NC(C)=C(C(=O)OC)C(c3ccc(C)cc3C)N12. The first-order valence-corrected chi connectivity index (χ1v) is 11.1. The number of carbonyl (C=O) groups excluding carboxylic acids is 2. The summed E-state index contributed by atoms with van der Waals surface area (Å²) in [5.41, 5.74) is 5.15. The molecule has 166 valence electrons. The summed E-state index contributed by atoms with van der Waals surface area (Å²) >= 11 is 1.47. The van der Waals surface area contributed by atoms with Crippen LogP contribution in [0.15, 0.2) is 45.6 Å². The number of methoxy groups -OCH3 is 2. The summed E-state index contributed by atoms with van der Waals surface area (Å²) in [6.07, 6.45) is 0.958. The lowest BCUT2D eigenvalue weighted by atomic mass is 9.90. The fraction of sp³-hybridized carbons (Fsp3) is 0.435. The molecule has 1 unspecified atom stereocenters. The second-order valence-electron chi connectivity index (χ2n) is 7.62. The van der Waals surface area contributed by atoms with Crippen molar-refractivity contribution in [1.82, 2.24) is 10.2 Å². The molecule has 1 amide bonds. The molecule has 3 rings (SSSR count). The third kappa shape index (κ3) is 5.02. The first-order valence-electron chi connectivity index (χ1n) is 10.2. The minimum absolute atomic E-state index is 0.0746. The zero-order valence-electron chi connectivity index (χ0n) is 18.7. The Labute approximate surface area is 187 Å². The summed E-state index contributed by atoms with van der Waals surface area (Å²) in [6.45, 7) is 7.06. The molecular weight excluding hydrogens is 414 g/mol. The van der Waals surface area contributed by atoms with Crippen LogP contribution in [0, 0.1) is 13.8 Å². The third-order valence-corrected chi connectivity index (χ3v) is 6.20. The van der Waals surface area contributed by atoms with Crippen molar-refractivity contribution in [2.45, 2.75) is 39.7 Å². The molecule has 2 aliphatic rings. The zero-order valence-corrected chi connectivity index (χ0v) is 19.5. The van der Waals surface area contributed by atoms with E-state index in [-0.39, 0.29) is 12.3 Å². The minimum Gasteiger partial charge on any atom is -0.466 e. The highest BCUT2D eigenvalue weighted by Crippen LogP contribution is 2.45. The standard InChI is InChI=1S/C23H29N3O4S/c1-14-7-8-18(15(2)11-14)21-20(22(28)30-5)16(3)25-23-26(21)17(13-31-23)12-19(27)24-9-6-10-29-4/h7-8,11,13,21H,6,9-10,12H2,1-5H3,(H,24,27). The summed E-state index contributed by atoms with van der Waals surface area (Å²) in [6, 6.07) is 5.77. The molecule has 1 N–H and O–H groups in total. The monoisotopic (exact) mass is 443 g/mol. The number of fused-ring (bicyclic) bond motifs is 1. The number of thioether (sulfide) groups is 1. The lowest BCUT2D eigenvalue weighted by Crippen LogP contribution is -2.38. The van der Waals surface area contributed by atoms with Crippen molar-refractivity contribution in [3.63, 3.8) is 0 Å². The second-order valence-corrected chi connectivity index (χ2v) is 8.45. The highest BCUT2D eigenvalue weighted by molar-refractivity contribution is 8.16. The number of rotatable bonds is 8.